The first kappa shape index (κ1) is 14.3. The lowest BCUT2D eigenvalue weighted by Gasteiger charge is -2.57. The molecule has 7 nitrogen and oxygen atoms in total. The first-order chi connectivity index (χ1) is 11.2. The first-order valence-electron chi connectivity index (χ1n) is 7.82. The summed E-state index contributed by atoms with van der Waals surface area (Å²) >= 11 is 6.00. The Labute approximate surface area is 144 Å². The van der Waals surface area contributed by atoms with Gasteiger partial charge in [-0.2, -0.15) is 4.72 Å². The summed E-state index contributed by atoms with van der Waals surface area (Å²) in [5, 5.41) is 8.24. The van der Waals surface area contributed by atoms with Gasteiger partial charge in [0.1, 0.15) is 9.79 Å². The van der Waals surface area contributed by atoms with E-state index in [0.717, 1.165) is 17.9 Å². The highest BCUT2D eigenvalue weighted by Crippen LogP contribution is 3.05. The first-order valence-corrected chi connectivity index (χ1v) is 11.2. The molecule has 0 amide bonds. The van der Waals surface area contributed by atoms with Crippen LogP contribution in [0.15, 0.2) is 21.9 Å². The van der Waals surface area contributed by atoms with Gasteiger partial charge in [0, 0.05) is 5.92 Å². The molecule has 6 rings (SSSR count). The predicted molar refractivity (Wildman–Crippen MR) is 85.1 cm³/mol. The second-order valence-corrected chi connectivity index (χ2v) is 11.3. The lowest BCUT2D eigenvalue weighted by Crippen LogP contribution is -2.62. The van der Waals surface area contributed by atoms with Gasteiger partial charge in [0.15, 0.2) is 0 Å². The molecule has 10 heteroatoms. The fourth-order valence-electron chi connectivity index (χ4n) is 6.16. The number of primary sulfonamides is 1. The van der Waals surface area contributed by atoms with Crippen LogP contribution in [0.25, 0.3) is 0 Å². The summed E-state index contributed by atoms with van der Waals surface area (Å²) in [5.74, 6) is 3.34. The van der Waals surface area contributed by atoms with Crippen molar-refractivity contribution < 1.29 is 16.8 Å². The maximum Gasteiger partial charge on any atom is 0.244 e. The molecule has 0 unspecified atom stereocenters. The molecule has 0 saturated heterocycles. The third kappa shape index (κ3) is 1.33. The van der Waals surface area contributed by atoms with Crippen LogP contribution in [0.5, 0.6) is 0 Å². The number of halogens is 1. The second kappa shape index (κ2) is 3.64. The maximum atomic E-state index is 12.6. The third-order valence-corrected chi connectivity index (χ3v) is 9.89. The summed E-state index contributed by atoms with van der Waals surface area (Å²) in [5.41, 5.74) is 0.926. The van der Waals surface area contributed by atoms with Gasteiger partial charge in [0.05, 0.1) is 16.9 Å². The van der Waals surface area contributed by atoms with Gasteiger partial charge in [-0.15, -0.1) is 0 Å². The van der Waals surface area contributed by atoms with E-state index in [1.165, 1.54) is 12.5 Å². The van der Waals surface area contributed by atoms with Crippen molar-refractivity contribution in [1.29, 1.82) is 0 Å². The van der Waals surface area contributed by atoms with Gasteiger partial charge in [0.25, 0.3) is 0 Å². The number of nitrogens with one attached hydrogen (secondary N) is 2. The highest BCUT2D eigenvalue weighted by atomic mass is 35.5. The van der Waals surface area contributed by atoms with Gasteiger partial charge in [0.2, 0.25) is 20.0 Å². The fraction of sp³-hybridized carbons (Fsp3) is 0.571. The van der Waals surface area contributed by atoms with Gasteiger partial charge in [-0.3, -0.25) is 0 Å². The van der Waals surface area contributed by atoms with Crippen LogP contribution < -0.4 is 15.2 Å². The Balaban J connectivity index is 1.41. The van der Waals surface area contributed by atoms with Crippen molar-refractivity contribution in [3.8, 4) is 0 Å². The van der Waals surface area contributed by atoms with E-state index in [2.05, 4.69) is 10.0 Å². The Morgan fingerprint density at radius 2 is 2.00 bits per heavy atom. The number of sulfonamides is 2. The van der Waals surface area contributed by atoms with Crippen molar-refractivity contribution in [3.63, 3.8) is 0 Å². The van der Waals surface area contributed by atoms with E-state index in [1.54, 1.807) is 0 Å². The molecule has 7 atom stereocenters. The van der Waals surface area contributed by atoms with E-state index in [1.807, 2.05) is 0 Å². The zero-order valence-corrected chi connectivity index (χ0v) is 14.6. The SMILES string of the molecule is NS(=O)(=O)c1cc2c(cc1Cl)N[C@H]([C@H]1[C@H]3[C@H]4[C@H]5C[C@@H]1[C@]345)NS2(=O)=O. The van der Waals surface area contributed by atoms with Gasteiger partial charge in [-0.1, -0.05) is 11.6 Å². The van der Waals surface area contributed by atoms with Crippen molar-refractivity contribution in [1.82, 2.24) is 4.72 Å². The smallest absolute Gasteiger partial charge is 0.244 e. The Hall–Kier alpha value is -0.870. The predicted octanol–water partition coefficient (Wildman–Crippen LogP) is 0.529. The van der Waals surface area contributed by atoms with Gasteiger partial charge in [-0.25, -0.2) is 22.0 Å². The van der Waals surface area contributed by atoms with Crippen molar-refractivity contribution in [3.05, 3.63) is 17.2 Å². The number of benzene rings is 1. The molecular weight excluding hydrogens is 374 g/mol. The van der Waals surface area contributed by atoms with Crippen molar-refractivity contribution in [2.75, 3.05) is 5.32 Å². The topological polar surface area (TPSA) is 118 Å². The van der Waals surface area contributed by atoms with E-state index in [4.69, 9.17) is 16.7 Å². The second-order valence-electron chi connectivity index (χ2n) is 7.64. The number of nitrogens with two attached hydrogens (primary N) is 1. The lowest BCUT2D eigenvalue weighted by molar-refractivity contribution is -0.0767. The molecule has 4 saturated carbocycles. The summed E-state index contributed by atoms with van der Waals surface area (Å²) in [6.07, 6.45) is 0.859. The lowest BCUT2D eigenvalue weighted by atomic mass is 9.50. The summed E-state index contributed by atoms with van der Waals surface area (Å²) in [4.78, 5) is -0.518. The van der Waals surface area contributed by atoms with Crippen LogP contribution in [0, 0.1) is 35.0 Å². The van der Waals surface area contributed by atoms with Crippen LogP contribution in [0.4, 0.5) is 5.69 Å². The molecule has 4 aliphatic carbocycles. The Bertz CT molecular complexity index is 1060. The zero-order valence-electron chi connectivity index (χ0n) is 12.2. The largest absolute Gasteiger partial charge is 0.368 e. The summed E-state index contributed by atoms with van der Waals surface area (Å²) in [6.45, 7) is 0. The molecule has 0 aromatic heterocycles. The maximum absolute atomic E-state index is 12.6. The van der Waals surface area contributed by atoms with E-state index in [-0.39, 0.29) is 21.0 Å². The number of hydrogen-bond donors (Lipinski definition) is 3. The average molecular weight is 388 g/mol. The Morgan fingerprint density at radius 1 is 1.25 bits per heavy atom. The quantitative estimate of drug-likeness (QED) is 0.684. The molecule has 4 fully saturated rings. The number of rotatable bonds is 2. The summed E-state index contributed by atoms with van der Waals surface area (Å²) in [6, 6.07) is 2.36. The van der Waals surface area contributed by atoms with Crippen LogP contribution in [0.3, 0.4) is 0 Å². The van der Waals surface area contributed by atoms with Crippen LogP contribution >= 0.6 is 11.6 Å². The van der Waals surface area contributed by atoms with Gasteiger partial charge < -0.3 is 5.32 Å². The third-order valence-electron chi connectivity index (χ3n) is 7.04. The fourth-order valence-corrected chi connectivity index (χ4v) is 8.69. The highest BCUT2D eigenvalue weighted by molar-refractivity contribution is 7.90. The molecule has 0 radical (unpaired) electrons. The minimum atomic E-state index is -4.10. The minimum Gasteiger partial charge on any atom is -0.368 e. The molecule has 4 N–H and O–H groups in total. The van der Waals surface area contributed by atoms with Crippen molar-refractivity contribution in [2.45, 2.75) is 22.4 Å². The highest BCUT2D eigenvalue weighted by Gasteiger charge is 3.03. The standard InChI is InChI=1S/C14H14ClN3O4S2/c15-6-2-7-9(3-8(6)23(16,19)20)24(21,22)18-13(17-7)10-4-1-5-11-12(10)14(4,5)11/h2-5,10-13,17-18H,1H2,(H2,16,19,20)/t4-,5+,10+,11+,12-,13-,14+/m0/s1. The van der Waals surface area contributed by atoms with Crippen LogP contribution in [-0.4, -0.2) is 23.0 Å². The Kier molecular flexibility index (Phi) is 2.17. The number of anilines is 1. The van der Waals surface area contributed by atoms with E-state index >= 15 is 0 Å². The summed E-state index contributed by atoms with van der Waals surface area (Å²) < 4.78 is 51.1. The molecule has 24 heavy (non-hydrogen) atoms. The van der Waals surface area contributed by atoms with E-state index in [0.29, 0.717) is 28.9 Å². The molecule has 128 valence electrons. The molecule has 1 aromatic rings. The van der Waals surface area contributed by atoms with E-state index < -0.39 is 20.0 Å². The van der Waals surface area contributed by atoms with Crippen molar-refractivity contribution >= 4 is 37.3 Å². The van der Waals surface area contributed by atoms with Crippen LogP contribution in [0.2, 0.25) is 5.02 Å². The Morgan fingerprint density at radius 3 is 2.54 bits per heavy atom. The normalized spacial score (nSPS) is 47.9. The zero-order chi connectivity index (χ0) is 16.8. The van der Waals surface area contributed by atoms with Crippen LogP contribution in [-0.2, 0) is 20.0 Å². The average Bonchev–Trinajstić information content (AvgIpc) is 3.27. The molecular formula is C14H14ClN3O4S2. The molecule has 5 aliphatic rings. The van der Waals surface area contributed by atoms with Gasteiger partial charge in [-0.05, 0) is 47.6 Å². The minimum absolute atomic E-state index is 0.0809. The van der Waals surface area contributed by atoms with E-state index in [9.17, 15) is 16.8 Å². The molecule has 1 spiro atoms. The molecule has 1 aromatic carbocycles. The monoisotopic (exact) mass is 387 g/mol. The summed E-state index contributed by atoms with van der Waals surface area (Å²) in [7, 11) is -7.92. The van der Waals surface area contributed by atoms with Crippen molar-refractivity contribution in [2.24, 2.45) is 40.1 Å². The van der Waals surface area contributed by atoms with Gasteiger partial charge >= 0.3 is 0 Å². The molecule has 1 heterocycles. The molecule has 1 aliphatic heterocycles. The number of hydrogen-bond acceptors (Lipinski definition) is 5. The molecule has 0 bridgehead atoms. The van der Waals surface area contributed by atoms with Crippen LogP contribution in [0.1, 0.15) is 6.42 Å². The number of fused-ring (bicyclic) bond motifs is 3.